The van der Waals surface area contributed by atoms with Gasteiger partial charge in [0.2, 0.25) is 11.5 Å². The van der Waals surface area contributed by atoms with Crippen LogP contribution < -0.4 is 14.2 Å². The van der Waals surface area contributed by atoms with E-state index in [4.69, 9.17) is 33.2 Å². The van der Waals surface area contributed by atoms with Crippen molar-refractivity contribution < 1.29 is 73.7 Å². The lowest BCUT2D eigenvalue weighted by atomic mass is 9.99. The second-order valence-corrected chi connectivity index (χ2v) is 8.80. The molecule has 0 amide bonds. The molecule has 15 nitrogen and oxygen atoms in total. The molecule has 1 aromatic carbocycles. The summed E-state index contributed by atoms with van der Waals surface area (Å²) in [6.07, 6.45) is -11.0. The number of rotatable bonds is 11. The van der Waals surface area contributed by atoms with Gasteiger partial charge in [-0.1, -0.05) is 0 Å². The van der Waals surface area contributed by atoms with Gasteiger partial charge in [0.05, 0.1) is 27.9 Å². The Balaban J connectivity index is 1.67. The van der Waals surface area contributed by atoms with Crippen molar-refractivity contribution in [1.82, 2.24) is 0 Å². The average Bonchev–Trinajstić information content (AvgIpc) is 3.19. The third-order valence-electron chi connectivity index (χ3n) is 6.38. The highest BCUT2D eigenvalue weighted by Crippen LogP contribution is 2.39. The van der Waals surface area contributed by atoms with E-state index in [0.29, 0.717) is 22.8 Å². The highest BCUT2D eigenvalue weighted by Gasteiger charge is 2.58. The highest BCUT2D eigenvalue weighted by atomic mass is 16.8. The van der Waals surface area contributed by atoms with Crippen molar-refractivity contribution in [2.45, 2.75) is 54.8 Å². The average molecular weight is 563 g/mol. The van der Waals surface area contributed by atoms with Gasteiger partial charge in [0.25, 0.3) is 0 Å². The second-order valence-electron chi connectivity index (χ2n) is 8.80. The number of aliphatic hydroxyl groups excluding tert-OH is 7. The standard InChI is InChI=1S/C24H34O15/c1-33-12-6-11(7-13(34-2)21(12)35-3)4-5-16(27)36-9-15-17(28)19(30)20(31)23(37-15)39-24(10-26)22(32)18(29)14(8-25)38-24/h4-7,14-15,17-20,22-23,25-26,28-32H,8-10H2,1-3H3/b5-4-/t14-,15-,17-,18-,19+,20-,22+,23-,24+/m1/s1. The minimum absolute atomic E-state index is 0.358. The van der Waals surface area contributed by atoms with Crippen LogP contribution in [0.25, 0.3) is 6.08 Å². The van der Waals surface area contributed by atoms with Crippen LogP contribution in [-0.4, -0.2) is 138 Å². The van der Waals surface area contributed by atoms with Gasteiger partial charge in [0.15, 0.2) is 17.8 Å². The van der Waals surface area contributed by atoms with Crippen LogP contribution in [0.3, 0.4) is 0 Å². The topological polar surface area (TPSA) is 223 Å². The van der Waals surface area contributed by atoms with Gasteiger partial charge in [0, 0.05) is 6.08 Å². The van der Waals surface area contributed by atoms with Crippen LogP contribution in [-0.2, 0) is 23.7 Å². The molecule has 0 saturated carbocycles. The van der Waals surface area contributed by atoms with Gasteiger partial charge in [-0.15, -0.1) is 0 Å². The van der Waals surface area contributed by atoms with Gasteiger partial charge in [-0.25, -0.2) is 4.79 Å². The monoisotopic (exact) mass is 562 g/mol. The number of carbonyl (C=O) groups is 1. The zero-order chi connectivity index (χ0) is 28.9. The molecular formula is C24H34O15. The van der Waals surface area contributed by atoms with E-state index in [9.17, 15) is 40.5 Å². The lowest BCUT2D eigenvalue weighted by Crippen LogP contribution is -2.62. The molecule has 2 aliphatic heterocycles. The molecule has 9 atom stereocenters. The largest absolute Gasteiger partial charge is 0.493 e. The number of hydrogen-bond acceptors (Lipinski definition) is 15. The van der Waals surface area contributed by atoms with Gasteiger partial charge >= 0.3 is 5.97 Å². The van der Waals surface area contributed by atoms with Crippen LogP contribution in [0.1, 0.15) is 5.56 Å². The summed E-state index contributed by atoms with van der Waals surface area (Å²) in [6, 6.07) is 3.18. The lowest BCUT2D eigenvalue weighted by Gasteiger charge is -2.43. The molecule has 15 heteroatoms. The summed E-state index contributed by atoms with van der Waals surface area (Å²) >= 11 is 0. The van der Waals surface area contributed by atoms with Crippen molar-refractivity contribution in [3.8, 4) is 17.2 Å². The lowest BCUT2D eigenvalue weighted by molar-refractivity contribution is -0.383. The second kappa shape index (κ2) is 13.2. The molecule has 39 heavy (non-hydrogen) atoms. The first-order valence-electron chi connectivity index (χ1n) is 11.8. The fraction of sp³-hybridized carbons (Fsp3) is 0.625. The molecule has 1 aromatic rings. The number of methoxy groups -OCH3 is 3. The van der Waals surface area contributed by atoms with E-state index in [0.717, 1.165) is 6.08 Å². The Labute approximate surface area is 223 Å². The molecule has 0 bridgehead atoms. The first-order chi connectivity index (χ1) is 18.5. The maximum Gasteiger partial charge on any atom is 0.330 e. The fourth-order valence-corrected chi connectivity index (χ4v) is 4.19. The third-order valence-corrected chi connectivity index (χ3v) is 6.38. The van der Waals surface area contributed by atoms with Crippen LogP contribution >= 0.6 is 0 Å². The van der Waals surface area contributed by atoms with Crippen LogP contribution in [0.5, 0.6) is 17.2 Å². The van der Waals surface area contributed by atoms with E-state index < -0.39 is 80.6 Å². The molecular weight excluding hydrogens is 528 g/mol. The molecule has 3 rings (SSSR count). The summed E-state index contributed by atoms with van der Waals surface area (Å²) in [6.45, 7) is -2.35. The van der Waals surface area contributed by atoms with Crippen LogP contribution in [0, 0.1) is 0 Å². The van der Waals surface area contributed by atoms with E-state index in [1.54, 1.807) is 12.1 Å². The molecule has 0 aliphatic carbocycles. The summed E-state index contributed by atoms with van der Waals surface area (Å²) in [7, 11) is 4.32. The zero-order valence-electron chi connectivity index (χ0n) is 21.4. The number of benzene rings is 1. The summed E-state index contributed by atoms with van der Waals surface area (Å²) in [4.78, 5) is 12.3. The van der Waals surface area contributed by atoms with Crippen molar-refractivity contribution in [2.24, 2.45) is 0 Å². The molecule has 2 aliphatic rings. The molecule has 0 aromatic heterocycles. The zero-order valence-corrected chi connectivity index (χ0v) is 21.4. The summed E-state index contributed by atoms with van der Waals surface area (Å²) in [5.74, 6) is -2.10. The Morgan fingerprint density at radius 2 is 1.56 bits per heavy atom. The van der Waals surface area contributed by atoms with Gasteiger partial charge in [-0.3, -0.25) is 0 Å². The van der Waals surface area contributed by atoms with Crippen molar-refractivity contribution in [3.63, 3.8) is 0 Å². The Bertz CT molecular complexity index is 977. The predicted molar refractivity (Wildman–Crippen MR) is 128 cm³/mol. The highest BCUT2D eigenvalue weighted by molar-refractivity contribution is 5.87. The number of esters is 1. The first kappa shape index (κ1) is 31.0. The summed E-state index contributed by atoms with van der Waals surface area (Å²) in [5, 5.41) is 70.4. The van der Waals surface area contributed by atoms with E-state index in [2.05, 4.69) is 0 Å². The molecule has 0 radical (unpaired) electrons. The van der Waals surface area contributed by atoms with Gasteiger partial charge in [0.1, 0.15) is 55.9 Å². The SMILES string of the molecule is COc1cc(/C=C\C(=O)OC[C@H]2O[C@H](O[C@]3(CO)O[C@H](CO)[C@@H](O)[C@@H]3O)[C@H](O)[C@@H](O)[C@@H]2O)cc(OC)c1OC. The minimum atomic E-state index is -2.33. The van der Waals surface area contributed by atoms with Crippen molar-refractivity contribution in [3.05, 3.63) is 23.8 Å². The van der Waals surface area contributed by atoms with E-state index in [1.165, 1.54) is 27.4 Å². The quantitative estimate of drug-likeness (QED) is 0.105. The van der Waals surface area contributed by atoms with Gasteiger partial charge in [-0.2, -0.15) is 0 Å². The van der Waals surface area contributed by atoms with E-state index in [-0.39, 0.29) is 0 Å². The van der Waals surface area contributed by atoms with Crippen LogP contribution in [0.2, 0.25) is 0 Å². The van der Waals surface area contributed by atoms with E-state index in [1.807, 2.05) is 0 Å². The molecule has 7 N–H and O–H groups in total. The summed E-state index contributed by atoms with van der Waals surface area (Å²) < 4.78 is 37.0. The molecule has 2 heterocycles. The van der Waals surface area contributed by atoms with E-state index >= 15 is 0 Å². The Kier molecular flexibility index (Phi) is 10.5. The Morgan fingerprint density at radius 3 is 2.08 bits per heavy atom. The maximum atomic E-state index is 12.3. The number of aliphatic hydroxyl groups is 7. The van der Waals surface area contributed by atoms with Crippen LogP contribution in [0.4, 0.5) is 0 Å². The maximum absolute atomic E-state index is 12.3. The first-order valence-corrected chi connectivity index (χ1v) is 11.8. The Morgan fingerprint density at radius 1 is 0.923 bits per heavy atom. The van der Waals surface area contributed by atoms with Crippen molar-refractivity contribution in [2.75, 3.05) is 41.2 Å². The predicted octanol–water partition coefficient (Wildman–Crippen LogP) is -3.11. The molecule has 0 spiro atoms. The smallest absolute Gasteiger partial charge is 0.330 e. The van der Waals surface area contributed by atoms with Gasteiger partial charge < -0.3 is 68.9 Å². The summed E-state index contributed by atoms with van der Waals surface area (Å²) in [5.41, 5.74) is 0.509. The van der Waals surface area contributed by atoms with Gasteiger partial charge in [-0.05, 0) is 23.8 Å². The third kappa shape index (κ3) is 6.44. The molecule has 2 fully saturated rings. The molecule has 0 unspecified atom stereocenters. The van der Waals surface area contributed by atoms with Crippen molar-refractivity contribution in [1.29, 1.82) is 0 Å². The normalized spacial score (nSPS) is 34.7. The van der Waals surface area contributed by atoms with Crippen LogP contribution in [0.15, 0.2) is 18.2 Å². The fourth-order valence-electron chi connectivity index (χ4n) is 4.19. The molecule has 220 valence electrons. The number of hydrogen-bond donors (Lipinski definition) is 7. The Hall–Kier alpha value is -2.57. The number of carbonyl (C=O) groups excluding carboxylic acids is 1. The minimum Gasteiger partial charge on any atom is -0.493 e. The number of ether oxygens (including phenoxy) is 7. The molecule has 2 saturated heterocycles. The van der Waals surface area contributed by atoms with Crippen molar-refractivity contribution >= 4 is 12.0 Å².